The van der Waals surface area contributed by atoms with E-state index in [4.69, 9.17) is 4.42 Å². The van der Waals surface area contributed by atoms with Crippen molar-refractivity contribution in [2.75, 3.05) is 5.32 Å². The lowest BCUT2D eigenvalue weighted by Gasteiger charge is -2.19. The number of anilines is 1. The average molecular weight is 417 g/mol. The van der Waals surface area contributed by atoms with Gasteiger partial charge in [0.05, 0.1) is 6.26 Å². The van der Waals surface area contributed by atoms with Gasteiger partial charge >= 0.3 is 0 Å². The fourth-order valence-corrected chi connectivity index (χ4v) is 3.17. The number of amides is 3. The summed E-state index contributed by atoms with van der Waals surface area (Å²) in [4.78, 5) is 37.8. The van der Waals surface area contributed by atoms with E-state index >= 15 is 0 Å². The maximum absolute atomic E-state index is 12.9. The van der Waals surface area contributed by atoms with Crippen LogP contribution in [-0.2, 0) is 11.2 Å². The van der Waals surface area contributed by atoms with Gasteiger partial charge in [-0.15, -0.1) is 0 Å². The molecule has 1 aromatic heterocycles. The smallest absolute Gasteiger partial charge is 0.291 e. The molecule has 7 nitrogen and oxygen atoms in total. The number of carbonyl (C=O) groups excluding carboxylic acids is 3. The molecule has 2 aromatic carbocycles. The Bertz CT molecular complexity index is 1060. The van der Waals surface area contributed by atoms with Crippen molar-refractivity contribution in [3.05, 3.63) is 89.9 Å². The SMILES string of the molecule is O=C(NC(Cc1ccccc1)C(=O)NC1CC1)c1cccc(NC(=O)c2ccco2)c1. The number of furan rings is 1. The average Bonchev–Trinajstić information content (AvgIpc) is 3.41. The summed E-state index contributed by atoms with van der Waals surface area (Å²) in [6.07, 6.45) is 3.74. The number of benzene rings is 2. The zero-order valence-corrected chi connectivity index (χ0v) is 16.8. The molecule has 3 N–H and O–H groups in total. The first-order valence-corrected chi connectivity index (χ1v) is 10.2. The quantitative estimate of drug-likeness (QED) is 0.524. The minimum Gasteiger partial charge on any atom is -0.459 e. The highest BCUT2D eigenvalue weighted by Crippen LogP contribution is 2.19. The second-order valence-electron chi connectivity index (χ2n) is 7.51. The Kier molecular flexibility index (Phi) is 6.12. The van der Waals surface area contributed by atoms with Crippen LogP contribution in [0.5, 0.6) is 0 Å². The first-order chi connectivity index (χ1) is 15.1. The minimum atomic E-state index is -0.697. The molecule has 1 heterocycles. The van der Waals surface area contributed by atoms with E-state index in [0.29, 0.717) is 17.7 Å². The molecule has 0 radical (unpaired) electrons. The van der Waals surface area contributed by atoms with Gasteiger partial charge in [0.2, 0.25) is 5.91 Å². The van der Waals surface area contributed by atoms with Crippen molar-refractivity contribution in [2.45, 2.75) is 31.3 Å². The van der Waals surface area contributed by atoms with Crippen molar-refractivity contribution in [1.82, 2.24) is 10.6 Å². The lowest BCUT2D eigenvalue weighted by atomic mass is 10.0. The molecule has 4 rings (SSSR count). The molecule has 31 heavy (non-hydrogen) atoms. The molecule has 1 aliphatic rings. The molecule has 158 valence electrons. The van der Waals surface area contributed by atoms with E-state index in [9.17, 15) is 14.4 Å². The third-order valence-electron chi connectivity index (χ3n) is 4.96. The number of carbonyl (C=O) groups is 3. The van der Waals surface area contributed by atoms with Crippen molar-refractivity contribution in [3.63, 3.8) is 0 Å². The lowest BCUT2D eigenvalue weighted by molar-refractivity contribution is -0.123. The fourth-order valence-electron chi connectivity index (χ4n) is 3.17. The normalized spacial score (nSPS) is 13.8. The number of hydrogen-bond acceptors (Lipinski definition) is 4. The van der Waals surface area contributed by atoms with Crippen LogP contribution in [0.15, 0.2) is 77.4 Å². The molecule has 7 heteroatoms. The molecule has 1 aliphatic carbocycles. The minimum absolute atomic E-state index is 0.175. The number of hydrogen-bond donors (Lipinski definition) is 3. The van der Waals surface area contributed by atoms with Crippen LogP contribution in [-0.4, -0.2) is 29.8 Å². The van der Waals surface area contributed by atoms with E-state index in [-0.39, 0.29) is 23.6 Å². The van der Waals surface area contributed by atoms with Crippen LogP contribution in [0.1, 0.15) is 39.3 Å². The molecule has 1 unspecified atom stereocenters. The lowest BCUT2D eigenvalue weighted by Crippen LogP contribution is -2.48. The van der Waals surface area contributed by atoms with E-state index in [2.05, 4.69) is 16.0 Å². The summed E-state index contributed by atoms with van der Waals surface area (Å²) >= 11 is 0. The third kappa shape index (κ3) is 5.60. The van der Waals surface area contributed by atoms with Gasteiger partial charge in [0.25, 0.3) is 11.8 Å². The van der Waals surface area contributed by atoms with Crippen LogP contribution < -0.4 is 16.0 Å². The van der Waals surface area contributed by atoms with Gasteiger partial charge < -0.3 is 20.4 Å². The number of nitrogens with one attached hydrogen (secondary N) is 3. The molecular weight excluding hydrogens is 394 g/mol. The van der Waals surface area contributed by atoms with E-state index in [1.54, 1.807) is 36.4 Å². The molecule has 0 aliphatic heterocycles. The second-order valence-corrected chi connectivity index (χ2v) is 7.51. The highest BCUT2D eigenvalue weighted by atomic mass is 16.3. The Hall–Kier alpha value is -3.87. The Morgan fingerprint density at radius 3 is 2.45 bits per heavy atom. The summed E-state index contributed by atoms with van der Waals surface area (Å²) < 4.78 is 5.08. The Labute approximate surface area is 179 Å². The molecule has 0 saturated heterocycles. The van der Waals surface area contributed by atoms with Crippen LogP contribution in [0.2, 0.25) is 0 Å². The first kappa shape index (κ1) is 20.4. The predicted octanol–water partition coefficient (Wildman–Crippen LogP) is 3.15. The van der Waals surface area contributed by atoms with Gasteiger partial charge in [-0.2, -0.15) is 0 Å². The summed E-state index contributed by atoms with van der Waals surface area (Å²) in [5.74, 6) is -0.814. The van der Waals surface area contributed by atoms with E-state index in [1.807, 2.05) is 30.3 Å². The highest BCUT2D eigenvalue weighted by molar-refractivity contribution is 6.03. The largest absolute Gasteiger partial charge is 0.459 e. The van der Waals surface area contributed by atoms with Gasteiger partial charge in [-0.25, -0.2) is 0 Å². The van der Waals surface area contributed by atoms with E-state index < -0.39 is 11.9 Å². The molecule has 0 spiro atoms. The Balaban J connectivity index is 1.45. The molecule has 1 fully saturated rings. The number of rotatable bonds is 8. The summed E-state index contributed by atoms with van der Waals surface area (Å²) in [6.45, 7) is 0. The van der Waals surface area contributed by atoms with Gasteiger partial charge in [-0.05, 0) is 48.7 Å². The van der Waals surface area contributed by atoms with Crippen LogP contribution in [0.4, 0.5) is 5.69 Å². The zero-order valence-electron chi connectivity index (χ0n) is 16.8. The second kappa shape index (κ2) is 9.30. The van der Waals surface area contributed by atoms with Gasteiger partial charge in [-0.3, -0.25) is 14.4 Å². The summed E-state index contributed by atoms with van der Waals surface area (Å²) in [5, 5.41) is 8.50. The van der Waals surface area contributed by atoms with Gasteiger partial charge in [0, 0.05) is 23.7 Å². The summed E-state index contributed by atoms with van der Waals surface area (Å²) in [5.41, 5.74) is 1.75. The highest BCUT2D eigenvalue weighted by Gasteiger charge is 2.28. The molecule has 3 aromatic rings. The summed E-state index contributed by atoms with van der Waals surface area (Å²) in [6, 6.07) is 18.8. The maximum Gasteiger partial charge on any atom is 0.291 e. The van der Waals surface area contributed by atoms with Crippen LogP contribution >= 0.6 is 0 Å². The topological polar surface area (TPSA) is 100 Å². The monoisotopic (exact) mass is 417 g/mol. The van der Waals surface area contributed by atoms with Crippen LogP contribution in [0.25, 0.3) is 0 Å². The molecule has 1 atom stereocenters. The van der Waals surface area contributed by atoms with Crippen molar-refractivity contribution in [2.24, 2.45) is 0 Å². The molecular formula is C24H23N3O4. The van der Waals surface area contributed by atoms with Crippen molar-refractivity contribution >= 4 is 23.4 Å². The zero-order chi connectivity index (χ0) is 21.6. The predicted molar refractivity (Wildman–Crippen MR) is 116 cm³/mol. The molecule has 1 saturated carbocycles. The van der Waals surface area contributed by atoms with Gasteiger partial charge in [0.15, 0.2) is 5.76 Å². The Morgan fingerprint density at radius 1 is 0.935 bits per heavy atom. The summed E-state index contributed by atoms with van der Waals surface area (Å²) in [7, 11) is 0. The third-order valence-corrected chi connectivity index (χ3v) is 4.96. The van der Waals surface area contributed by atoms with Crippen molar-refractivity contribution in [3.8, 4) is 0 Å². The molecule has 3 amide bonds. The van der Waals surface area contributed by atoms with Crippen molar-refractivity contribution < 1.29 is 18.8 Å². The molecule has 0 bridgehead atoms. The van der Waals surface area contributed by atoms with Gasteiger partial charge in [0.1, 0.15) is 6.04 Å². The van der Waals surface area contributed by atoms with Crippen molar-refractivity contribution in [1.29, 1.82) is 0 Å². The van der Waals surface area contributed by atoms with Crippen LogP contribution in [0, 0.1) is 0 Å². The van der Waals surface area contributed by atoms with Crippen LogP contribution in [0.3, 0.4) is 0 Å². The first-order valence-electron chi connectivity index (χ1n) is 10.2. The maximum atomic E-state index is 12.9. The Morgan fingerprint density at radius 2 is 1.74 bits per heavy atom. The van der Waals surface area contributed by atoms with E-state index in [0.717, 1.165) is 18.4 Å². The fraction of sp³-hybridized carbons (Fsp3) is 0.208. The standard InChI is InChI=1S/C24H23N3O4/c28-22(17-8-4-9-19(15-17)26-24(30)21-10-5-13-31-21)27-20(23(29)25-18-11-12-18)14-16-6-2-1-3-7-16/h1-10,13,15,18,20H,11-12,14H2,(H,25,29)(H,26,30)(H,27,28). The van der Waals surface area contributed by atoms with Gasteiger partial charge in [-0.1, -0.05) is 36.4 Å². The van der Waals surface area contributed by atoms with E-state index in [1.165, 1.54) is 6.26 Å².